The van der Waals surface area contributed by atoms with Crippen molar-refractivity contribution in [3.8, 4) is 0 Å². The molecule has 0 aromatic carbocycles. The van der Waals surface area contributed by atoms with Gasteiger partial charge in [-0.25, -0.2) is 4.79 Å². The zero-order chi connectivity index (χ0) is 10.6. The molecule has 0 fully saturated rings. The van der Waals surface area contributed by atoms with E-state index in [1.807, 2.05) is 0 Å². The van der Waals surface area contributed by atoms with Crippen LogP contribution < -0.4 is 5.32 Å². The maximum Gasteiger partial charge on any atom is 0.328 e. The molecular weight excluding hydrogens is 186 g/mol. The third-order valence-electron chi connectivity index (χ3n) is 1.69. The summed E-state index contributed by atoms with van der Waals surface area (Å²) in [5, 5.41) is 2.46. The number of carbonyl (C=O) groups excluding carboxylic acids is 2. The second kappa shape index (κ2) is 4.45. The molecule has 5 nitrogen and oxygen atoms in total. The average Bonchev–Trinajstić information content (AvgIpc) is 2.69. The van der Waals surface area contributed by atoms with E-state index < -0.39 is 12.0 Å². The van der Waals surface area contributed by atoms with Gasteiger partial charge in [0, 0.05) is 0 Å². The van der Waals surface area contributed by atoms with Crippen LogP contribution in [0.5, 0.6) is 0 Å². The van der Waals surface area contributed by atoms with Crippen LogP contribution in [0, 0.1) is 0 Å². The van der Waals surface area contributed by atoms with Gasteiger partial charge in [-0.05, 0) is 13.0 Å². The first-order valence-corrected chi connectivity index (χ1v) is 4.06. The molecule has 1 unspecified atom stereocenters. The highest BCUT2D eigenvalue weighted by Gasteiger charge is 2.16. The van der Waals surface area contributed by atoms with Crippen LogP contribution in [-0.4, -0.2) is 25.0 Å². The summed E-state index contributed by atoms with van der Waals surface area (Å²) < 4.78 is 9.18. The van der Waals surface area contributed by atoms with E-state index in [2.05, 4.69) is 10.1 Å². The molecule has 1 aromatic heterocycles. The molecule has 1 rings (SSSR count). The lowest BCUT2D eigenvalue weighted by atomic mass is 10.3. The van der Waals surface area contributed by atoms with Crippen LogP contribution in [0.25, 0.3) is 0 Å². The van der Waals surface area contributed by atoms with Gasteiger partial charge in [-0.15, -0.1) is 0 Å². The number of furan rings is 1. The molecule has 0 radical (unpaired) electrons. The van der Waals surface area contributed by atoms with Crippen LogP contribution >= 0.6 is 0 Å². The summed E-state index contributed by atoms with van der Waals surface area (Å²) in [6.45, 7) is 1.55. The lowest BCUT2D eigenvalue weighted by Crippen LogP contribution is -2.38. The van der Waals surface area contributed by atoms with Crippen molar-refractivity contribution in [3.05, 3.63) is 24.2 Å². The monoisotopic (exact) mass is 197 g/mol. The number of amides is 1. The van der Waals surface area contributed by atoms with Crippen LogP contribution in [0.4, 0.5) is 0 Å². The van der Waals surface area contributed by atoms with Gasteiger partial charge in [-0.1, -0.05) is 0 Å². The molecule has 1 amide bonds. The van der Waals surface area contributed by atoms with Crippen molar-refractivity contribution in [1.82, 2.24) is 5.32 Å². The molecule has 5 heteroatoms. The molecule has 0 bridgehead atoms. The number of hydrogen-bond donors (Lipinski definition) is 1. The highest BCUT2D eigenvalue weighted by Crippen LogP contribution is 2.00. The lowest BCUT2D eigenvalue weighted by Gasteiger charge is -2.09. The number of esters is 1. The fourth-order valence-electron chi connectivity index (χ4n) is 0.909. The van der Waals surface area contributed by atoms with Gasteiger partial charge in [-0.2, -0.15) is 0 Å². The summed E-state index contributed by atoms with van der Waals surface area (Å²) in [4.78, 5) is 22.3. The number of nitrogens with one attached hydrogen (secondary N) is 1. The number of methoxy groups -OCH3 is 1. The van der Waals surface area contributed by atoms with Crippen molar-refractivity contribution < 1.29 is 18.7 Å². The van der Waals surface area contributed by atoms with Crippen molar-refractivity contribution in [2.24, 2.45) is 0 Å². The third kappa shape index (κ3) is 2.35. The summed E-state index contributed by atoms with van der Waals surface area (Å²) in [6.07, 6.45) is 2.69. The van der Waals surface area contributed by atoms with E-state index in [1.165, 1.54) is 25.7 Å². The Balaban J connectivity index is 2.53. The highest BCUT2D eigenvalue weighted by molar-refractivity contribution is 5.96. The van der Waals surface area contributed by atoms with Gasteiger partial charge >= 0.3 is 5.97 Å². The summed E-state index contributed by atoms with van der Waals surface area (Å²) in [7, 11) is 1.27. The van der Waals surface area contributed by atoms with E-state index in [9.17, 15) is 9.59 Å². The predicted molar refractivity (Wildman–Crippen MR) is 47.7 cm³/mol. The summed E-state index contributed by atoms with van der Waals surface area (Å²) >= 11 is 0. The van der Waals surface area contributed by atoms with Gasteiger partial charge in [0.2, 0.25) is 0 Å². The highest BCUT2D eigenvalue weighted by atomic mass is 16.5. The largest absolute Gasteiger partial charge is 0.472 e. The molecule has 14 heavy (non-hydrogen) atoms. The lowest BCUT2D eigenvalue weighted by molar-refractivity contribution is -0.142. The number of carbonyl (C=O) groups is 2. The van der Waals surface area contributed by atoms with E-state index >= 15 is 0 Å². The van der Waals surface area contributed by atoms with Gasteiger partial charge in [-0.3, -0.25) is 4.79 Å². The van der Waals surface area contributed by atoms with Crippen molar-refractivity contribution in [3.63, 3.8) is 0 Å². The van der Waals surface area contributed by atoms with E-state index in [4.69, 9.17) is 4.42 Å². The molecule has 0 aliphatic heterocycles. The van der Waals surface area contributed by atoms with Crippen molar-refractivity contribution >= 4 is 11.9 Å². The minimum absolute atomic E-state index is 0.364. The average molecular weight is 197 g/mol. The number of rotatable bonds is 3. The third-order valence-corrected chi connectivity index (χ3v) is 1.69. The standard InChI is InChI=1S/C9H11NO4/c1-6(9(12)13-2)10-8(11)7-3-4-14-5-7/h3-6H,1-2H3,(H,10,11). The number of hydrogen-bond acceptors (Lipinski definition) is 4. The van der Waals surface area contributed by atoms with E-state index in [1.54, 1.807) is 6.92 Å². The second-order valence-corrected chi connectivity index (χ2v) is 2.73. The van der Waals surface area contributed by atoms with Crippen LogP contribution in [0.2, 0.25) is 0 Å². The van der Waals surface area contributed by atoms with Crippen LogP contribution in [0.15, 0.2) is 23.0 Å². The Morgan fingerprint density at radius 3 is 2.79 bits per heavy atom. The first-order chi connectivity index (χ1) is 6.65. The predicted octanol–water partition coefficient (Wildman–Crippen LogP) is 0.571. The smallest absolute Gasteiger partial charge is 0.328 e. The molecule has 0 saturated carbocycles. The fourth-order valence-corrected chi connectivity index (χ4v) is 0.909. The molecular formula is C9H11NO4. The number of ether oxygens (including phenoxy) is 1. The van der Waals surface area contributed by atoms with Crippen LogP contribution in [-0.2, 0) is 9.53 Å². The molecule has 0 aliphatic carbocycles. The quantitative estimate of drug-likeness (QED) is 0.719. The molecule has 0 saturated heterocycles. The molecule has 0 spiro atoms. The van der Waals surface area contributed by atoms with Gasteiger partial charge < -0.3 is 14.5 Å². The Morgan fingerprint density at radius 2 is 2.29 bits per heavy atom. The zero-order valence-electron chi connectivity index (χ0n) is 7.94. The summed E-state index contributed by atoms with van der Waals surface area (Å²) in [6, 6.07) is 0.849. The SMILES string of the molecule is COC(=O)C(C)NC(=O)c1ccoc1. The Kier molecular flexibility index (Phi) is 3.28. The van der Waals surface area contributed by atoms with Crippen LogP contribution in [0.3, 0.4) is 0 Å². The Bertz CT molecular complexity index is 318. The molecule has 76 valence electrons. The maximum atomic E-state index is 11.4. The normalized spacial score (nSPS) is 11.9. The Hall–Kier alpha value is -1.78. The topological polar surface area (TPSA) is 68.5 Å². The zero-order valence-corrected chi connectivity index (χ0v) is 7.94. The Morgan fingerprint density at radius 1 is 1.57 bits per heavy atom. The molecule has 1 atom stereocenters. The van der Waals surface area contributed by atoms with Gasteiger partial charge in [0.05, 0.1) is 18.9 Å². The second-order valence-electron chi connectivity index (χ2n) is 2.73. The van der Waals surface area contributed by atoms with Crippen LogP contribution in [0.1, 0.15) is 17.3 Å². The van der Waals surface area contributed by atoms with Gasteiger partial charge in [0.25, 0.3) is 5.91 Å². The minimum atomic E-state index is -0.664. The van der Waals surface area contributed by atoms with E-state index in [0.29, 0.717) is 5.56 Å². The van der Waals surface area contributed by atoms with Gasteiger partial charge in [0.1, 0.15) is 12.3 Å². The van der Waals surface area contributed by atoms with Crippen molar-refractivity contribution in [2.75, 3.05) is 7.11 Å². The van der Waals surface area contributed by atoms with Crippen molar-refractivity contribution in [2.45, 2.75) is 13.0 Å². The first kappa shape index (κ1) is 10.3. The Labute approximate surface area is 81.0 Å². The van der Waals surface area contributed by atoms with E-state index in [-0.39, 0.29) is 5.91 Å². The summed E-state index contributed by atoms with van der Waals surface area (Å²) in [5.41, 5.74) is 0.376. The molecule has 1 heterocycles. The first-order valence-electron chi connectivity index (χ1n) is 4.06. The fraction of sp³-hybridized carbons (Fsp3) is 0.333. The summed E-state index contributed by atoms with van der Waals surface area (Å²) in [5.74, 6) is -0.849. The molecule has 0 aliphatic rings. The molecule has 1 aromatic rings. The maximum absolute atomic E-state index is 11.4. The van der Waals surface area contributed by atoms with Crippen molar-refractivity contribution in [1.29, 1.82) is 0 Å². The molecule has 1 N–H and O–H groups in total. The minimum Gasteiger partial charge on any atom is -0.472 e. The van der Waals surface area contributed by atoms with Gasteiger partial charge in [0.15, 0.2) is 0 Å². The van der Waals surface area contributed by atoms with E-state index in [0.717, 1.165) is 0 Å².